The molecule has 1 fully saturated rings. The lowest BCUT2D eigenvalue weighted by Crippen LogP contribution is -2.43. The van der Waals surface area contributed by atoms with E-state index in [0.29, 0.717) is 25.0 Å². The van der Waals surface area contributed by atoms with Gasteiger partial charge in [0.15, 0.2) is 0 Å². The van der Waals surface area contributed by atoms with Gasteiger partial charge in [0, 0.05) is 26.7 Å². The second-order valence-corrected chi connectivity index (χ2v) is 6.64. The highest BCUT2D eigenvalue weighted by Gasteiger charge is 2.37. The molecule has 3 unspecified atom stereocenters. The monoisotopic (exact) mass is 354 g/mol. The molecule has 0 aliphatic carbocycles. The van der Waals surface area contributed by atoms with Gasteiger partial charge in [-0.1, -0.05) is 25.5 Å². The maximum atomic E-state index is 12.3. The van der Waals surface area contributed by atoms with Gasteiger partial charge in [-0.2, -0.15) is 0 Å². The number of esters is 1. The van der Waals surface area contributed by atoms with Crippen molar-refractivity contribution < 1.29 is 19.1 Å². The fourth-order valence-electron chi connectivity index (χ4n) is 3.47. The van der Waals surface area contributed by atoms with Crippen molar-refractivity contribution in [2.75, 3.05) is 40.0 Å². The number of rotatable bonds is 11. The van der Waals surface area contributed by atoms with Crippen molar-refractivity contribution in [2.24, 2.45) is 11.8 Å². The number of nitrogens with zero attached hydrogens (tertiary/aromatic N) is 1. The number of ether oxygens (including phenoxy) is 2. The summed E-state index contributed by atoms with van der Waals surface area (Å²) >= 11 is 0. The highest BCUT2D eigenvalue weighted by molar-refractivity contribution is 5.77. The van der Waals surface area contributed by atoms with Crippen molar-refractivity contribution in [2.45, 2.75) is 46.1 Å². The molecule has 0 spiro atoms. The second kappa shape index (κ2) is 12.0. The predicted molar refractivity (Wildman–Crippen MR) is 98.2 cm³/mol. The molecule has 1 saturated heterocycles. The van der Waals surface area contributed by atoms with E-state index in [1.54, 1.807) is 0 Å². The quantitative estimate of drug-likeness (QED) is 0.454. The van der Waals surface area contributed by atoms with E-state index in [2.05, 4.69) is 23.2 Å². The van der Waals surface area contributed by atoms with Crippen molar-refractivity contribution in [3.05, 3.63) is 12.2 Å². The summed E-state index contributed by atoms with van der Waals surface area (Å²) < 4.78 is 10.1. The Morgan fingerprint density at radius 1 is 1.36 bits per heavy atom. The number of carbonyl (C=O) groups is 2. The first-order valence-corrected chi connectivity index (χ1v) is 9.34. The molecule has 1 rings (SSSR count). The number of methoxy groups -OCH3 is 1. The molecule has 1 N–H and O–H groups in total. The first kappa shape index (κ1) is 21.6. The van der Waals surface area contributed by atoms with E-state index in [1.165, 1.54) is 7.11 Å². The summed E-state index contributed by atoms with van der Waals surface area (Å²) in [6, 6.07) is -0.185. The third-order valence-electron chi connectivity index (χ3n) is 4.51. The molecule has 0 aromatic heterocycles. The molecule has 0 aromatic rings. The first-order valence-electron chi connectivity index (χ1n) is 9.34. The van der Waals surface area contributed by atoms with Crippen LogP contribution in [0.2, 0.25) is 0 Å². The SMILES string of the molecule is CC=CC1CC(C(=O)OCC)N(CC(CCC)CNC(=O)COC)C1. The van der Waals surface area contributed by atoms with Crippen LogP contribution >= 0.6 is 0 Å². The Morgan fingerprint density at radius 2 is 2.12 bits per heavy atom. The number of hydrogen-bond donors (Lipinski definition) is 1. The van der Waals surface area contributed by atoms with Gasteiger partial charge >= 0.3 is 5.97 Å². The fraction of sp³-hybridized carbons (Fsp3) is 0.789. The van der Waals surface area contributed by atoms with Gasteiger partial charge in [0.25, 0.3) is 0 Å². The minimum atomic E-state index is -0.185. The molecule has 0 bridgehead atoms. The summed E-state index contributed by atoms with van der Waals surface area (Å²) in [6.07, 6.45) is 7.07. The lowest BCUT2D eigenvalue weighted by molar-refractivity contribution is -0.148. The average Bonchev–Trinajstić information content (AvgIpc) is 2.96. The maximum absolute atomic E-state index is 12.3. The summed E-state index contributed by atoms with van der Waals surface area (Å²) in [6.45, 7) is 8.73. The number of carbonyl (C=O) groups excluding carboxylic acids is 2. The second-order valence-electron chi connectivity index (χ2n) is 6.64. The molecule has 1 aliphatic rings. The number of hydrogen-bond acceptors (Lipinski definition) is 5. The molecule has 6 nitrogen and oxygen atoms in total. The van der Waals surface area contributed by atoms with E-state index in [0.717, 1.165) is 32.4 Å². The van der Waals surface area contributed by atoms with Gasteiger partial charge in [0.2, 0.25) is 5.91 Å². The Morgan fingerprint density at radius 3 is 2.72 bits per heavy atom. The Balaban J connectivity index is 2.69. The van der Waals surface area contributed by atoms with Crippen LogP contribution in [0.25, 0.3) is 0 Å². The molecule has 3 atom stereocenters. The molecule has 1 heterocycles. The molecule has 144 valence electrons. The van der Waals surface area contributed by atoms with Crippen LogP contribution in [-0.4, -0.2) is 62.8 Å². The molecule has 25 heavy (non-hydrogen) atoms. The van der Waals surface area contributed by atoms with E-state index >= 15 is 0 Å². The Hall–Kier alpha value is -1.40. The van der Waals surface area contributed by atoms with Gasteiger partial charge in [-0.05, 0) is 38.5 Å². The summed E-state index contributed by atoms with van der Waals surface area (Å²) in [5, 5.41) is 2.93. The van der Waals surface area contributed by atoms with Gasteiger partial charge < -0.3 is 14.8 Å². The van der Waals surface area contributed by atoms with E-state index in [-0.39, 0.29) is 24.5 Å². The molecular formula is C19H34N2O4. The van der Waals surface area contributed by atoms with Gasteiger partial charge in [0.1, 0.15) is 12.6 Å². The topological polar surface area (TPSA) is 67.9 Å². The summed E-state index contributed by atoms with van der Waals surface area (Å²) in [4.78, 5) is 26.2. The van der Waals surface area contributed by atoms with Gasteiger partial charge in [-0.25, -0.2) is 0 Å². The van der Waals surface area contributed by atoms with Crippen molar-refractivity contribution in [3.8, 4) is 0 Å². The summed E-state index contributed by atoms with van der Waals surface area (Å²) in [5.74, 6) is 0.462. The third-order valence-corrected chi connectivity index (χ3v) is 4.51. The zero-order valence-corrected chi connectivity index (χ0v) is 16.1. The molecule has 0 radical (unpaired) electrons. The van der Waals surface area contributed by atoms with Crippen molar-refractivity contribution >= 4 is 11.9 Å². The van der Waals surface area contributed by atoms with Crippen LogP contribution in [0.1, 0.15) is 40.0 Å². The van der Waals surface area contributed by atoms with E-state index in [1.807, 2.05) is 19.9 Å². The Labute approximate surface area is 151 Å². The smallest absolute Gasteiger partial charge is 0.323 e. The van der Waals surface area contributed by atoms with Crippen LogP contribution in [0.15, 0.2) is 12.2 Å². The largest absolute Gasteiger partial charge is 0.465 e. The lowest BCUT2D eigenvalue weighted by Gasteiger charge is -2.28. The Kier molecular flexibility index (Phi) is 10.4. The van der Waals surface area contributed by atoms with Crippen LogP contribution in [-0.2, 0) is 19.1 Å². The first-order chi connectivity index (χ1) is 12.0. The highest BCUT2D eigenvalue weighted by Crippen LogP contribution is 2.27. The van der Waals surface area contributed by atoms with Crippen LogP contribution < -0.4 is 5.32 Å². The average molecular weight is 354 g/mol. The van der Waals surface area contributed by atoms with Crippen LogP contribution in [0.4, 0.5) is 0 Å². The molecule has 1 aliphatic heterocycles. The summed E-state index contributed by atoms with van der Waals surface area (Å²) in [5.41, 5.74) is 0. The van der Waals surface area contributed by atoms with Gasteiger partial charge in [-0.15, -0.1) is 0 Å². The van der Waals surface area contributed by atoms with E-state index in [9.17, 15) is 9.59 Å². The molecular weight excluding hydrogens is 320 g/mol. The standard InChI is InChI=1S/C19H34N2O4/c1-5-8-15-10-17(19(23)25-7-3)21(12-15)13-16(9-6-2)11-20-18(22)14-24-4/h5,8,15-17H,6-7,9-14H2,1-4H3,(H,20,22). The molecule has 0 saturated carbocycles. The normalized spacial score (nSPS) is 22.2. The van der Waals surface area contributed by atoms with Crippen LogP contribution in [0.5, 0.6) is 0 Å². The lowest BCUT2D eigenvalue weighted by atomic mass is 10.0. The van der Waals surface area contributed by atoms with Crippen LogP contribution in [0, 0.1) is 11.8 Å². The molecule has 6 heteroatoms. The van der Waals surface area contributed by atoms with Crippen molar-refractivity contribution in [1.82, 2.24) is 10.2 Å². The number of likely N-dealkylation sites (tertiary alicyclic amines) is 1. The zero-order valence-electron chi connectivity index (χ0n) is 16.1. The highest BCUT2D eigenvalue weighted by atomic mass is 16.5. The van der Waals surface area contributed by atoms with E-state index in [4.69, 9.17) is 9.47 Å². The number of allylic oxidation sites excluding steroid dienone is 1. The minimum Gasteiger partial charge on any atom is -0.465 e. The number of amides is 1. The summed E-state index contributed by atoms with van der Waals surface area (Å²) in [7, 11) is 1.51. The molecule has 1 amide bonds. The fourth-order valence-corrected chi connectivity index (χ4v) is 3.47. The van der Waals surface area contributed by atoms with Crippen molar-refractivity contribution in [3.63, 3.8) is 0 Å². The van der Waals surface area contributed by atoms with Gasteiger partial charge in [0.05, 0.1) is 6.61 Å². The minimum absolute atomic E-state index is 0.0807. The van der Waals surface area contributed by atoms with Gasteiger partial charge in [-0.3, -0.25) is 14.5 Å². The predicted octanol–water partition coefficient (Wildman–Crippen LogP) is 2.00. The maximum Gasteiger partial charge on any atom is 0.323 e. The molecule has 0 aromatic carbocycles. The van der Waals surface area contributed by atoms with Crippen molar-refractivity contribution in [1.29, 1.82) is 0 Å². The third kappa shape index (κ3) is 7.57. The zero-order chi connectivity index (χ0) is 18.7. The number of nitrogens with one attached hydrogen (secondary N) is 1. The van der Waals surface area contributed by atoms with E-state index < -0.39 is 0 Å². The van der Waals surface area contributed by atoms with Crippen LogP contribution in [0.3, 0.4) is 0 Å². The Bertz CT molecular complexity index is 439.